The maximum absolute atomic E-state index is 4.06. The van der Waals surface area contributed by atoms with E-state index in [-0.39, 0.29) is 0 Å². The molecule has 0 N–H and O–H groups in total. The fraction of sp³-hybridized carbons (Fsp3) is 0.778. The molecule has 1 saturated carbocycles. The standard InChI is InChI=1S/C9H16/c1-3-8(2)9-6-4-5-7-9/h9H,2-7H2,1H3. The normalized spacial score (nSPS) is 20.6. The van der Waals surface area contributed by atoms with Crippen LogP contribution in [0, 0.1) is 5.92 Å². The summed E-state index contributed by atoms with van der Waals surface area (Å²) in [5.41, 5.74) is 1.48. The Bertz CT molecular complexity index is 96.6. The molecule has 0 aromatic carbocycles. The molecule has 0 saturated heterocycles. The first-order valence-corrected chi connectivity index (χ1v) is 4.02. The van der Waals surface area contributed by atoms with E-state index in [1.807, 2.05) is 0 Å². The van der Waals surface area contributed by atoms with Crippen LogP contribution in [0.1, 0.15) is 39.0 Å². The Balaban J connectivity index is 2.32. The third-order valence-corrected chi connectivity index (χ3v) is 2.39. The quantitative estimate of drug-likeness (QED) is 0.496. The van der Waals surface area contributed by atoms with Gasteiger partial charge in [-0.2, -0.15) is 0 Å². The van der Waals surface area contributed by atoms with Gasteiger partial charge in [0.15, 0.2) is 0 Å². The van der Waals surface area contributed by atoms with Crippen molar-refractivity contribution in [2.45, 2.75) is 39.0 Å². The Kier molecular flexibility index (Phi) is 2.32. The smallest absolute Gasteiger partial charge is 0.0206 e. The molecule has 0 spiro atoms. The fourth-order valence-corrected chi connectivity index (χ4v) is 1.62. The average Bonchev–Trinajstić information content (AvgIpc) is 2.37. The Labute approximate surface area is 58.0 Å². The van der Waals surface area contributed by atoms with E-state index < -0.39 is 0 Å². The fourth-order valence-electron chi connectivity index (χ4n) is 1.62. The van der Waals surface area contributed by atoms with Crippen molar-refractivity contribution in [1.82, 2.24) is 0 Å². The first-order chi connectivity index (χ1) is 4.34. The van der Waals surface area contributed by atoms with Gasteiger partial charge in [-0.05, 0) is 25.2 Å². The van der Waals surface area contributed by atoms with E-state index >= 15 is 0 Å². The molecule has 9 heavy (non-hydrogen) atoms. The molecule has 0 heterocycles. The molecule has 0 aromatic rings. The zero-order chi connectivity index (χ0) is 6.69. The van der Waals surface area contributed by atoms with Crippen LogP contribution in [0.2, 0.25) is 0 Å². The molecule has 1 aliphatic rings. The average molecular weight is 124 g/mol. The number of hydrogen-bond acceptors (Lipinski definition) is 0. The molecule has 0 heteroatoms. The van der Waals surface area contributed by atoms with Gasteiger partial charge in [0.25, 0.3) is 0 Å². The summed E-state index contributed by atoms with van der Waals surface area (Å²) in [6.07, 6.45) is 6.87. The molecule has 0 aliphatic heterocycles. The SMILES string of the molecule is C=C(CC)C1CCCC1. The van der Waals surface area contributed by atoms with E-state index in [1.54, 1.807) is 0 Å². The molecule has 0 unspecified atom stereocenters. The van der Waals surface area contributed by atoms with Crippen molar-refractivity contribution in [2.75, 3.05) is 0 Å². The van der Waals surface area contributed by atoms with Gasteiger partial charge >= 0.3 is 0 Å². The van der Waals surface area contributed by atoms with Crippen LogP contribution in [0.25, 0.3) is 0 Å². The Morgan fingerprint density at radius 2 is 2.00 bits per heavy atom. The van der Waals surface area contributed by atoms with E-state index in [1.165, 1.54) is 37.7 Å². The molecular weight excluding hydrogens is 108 g/mol. The van der Waals surface area contributed by atoms with E-state index in [0.717, 1.165) is 5.92 Å². The summed E-state index contributed by atoms with van der Waals surface area (Å²) in [4.78, 5) is 0. The zero-order valence-corrected chi connectivity index (χ0v) is 6.32. The molecule has 1 fully saturated rings. The second-order valence-corrected chi connectivity index (χ2v) is 2.99. The zero-order valence-electron chi connectivity index (χ0n) is 6.32. The third-order valence-electron chi connectivity index (χ3n) is 2.39. The van der Waals surface area contributed by atoms with Crippen molar-refractivity contribution in [2.24, 2.45) is 5.92 Å². The minimum atomic E-state index is 0.884. The molecule has 52 valence electrons. The predicted octanol–water partition coefficient (Wildman–Crippen LogP) is 3.14. The lowest BCUT2D eigenvalue weighted by Gasteiger charge is -2.08. The van der Waals surface area contributed by atoms with Gasteiger partial charge in [0.1, 0.15) is 0 Å². The van der Waals surface area contributed by atoms with E-state index in [9.17, 15) is 0 Å². The van der Waals surface area contributed by atoms with Gasteiger partial charge in [-0.25, -0.2) is 0 Å². The van der Waals surface area contributed by atoms with Crippen LogP contribution in [0.4, 0.5) is 0 Å². The van der Waals surface area contributed by atoms with Crippen LogP contribution in [0.3, 0.4) is 0 Å². The van der Waals surface area contributed by atoms with Crippen LogP contribution in [-0.4, -0.2) is 0 Å². The predicted molar refractivity (Wildman–Crippen MR) is 41.4 cm³/mol. The van der Waals surface area contributed by atoms with Gasteiger partial charge in [-0.15, -0.1) is 0 Å². The number of hydrogen-bond donors (Lipinski definition) is 0. The van der Waals surface area contributed by atoms with Crippen molar-refractivity contribution >= 4 is 0 Å². The van der Waals surface area contributed by atoms with Crippen molar-refractivity contribution in [3.05, 3.63) is 12.2 Å². The summed E-state index contributed by atoms with van der Waals surface area (Å²) < 4.78 is 0. The van der Waals surface area contributed by atoms with Crippen LogP contribution >= 0.6 is 0 Å². The lowest BCUT2D eigenvalue weighted by molar-refractivity contribution is 0.624. The second-order valence-electron chi connectivity index (χ2n) is 2.99. The molecule has 0 nitrogen and oxygen atoms in total. The molecular formula is C9H16. The summed E-state index contributed by atoms with van der Waals surface area (Å²) in [6.45, 7) is 6.26. The monoisotopic (exact) mass is 124 g/mol. The van der Waals surface area contributed by atoms with Gasteiger partial charge in [0.2, 0.25) is 0 Å². The molecule has 0 radical (unpaired) electrons. The van der Waals surface area contributed by atoms with E-state index in [0.29, 0.717) is 0 Å². The first kappa shape index (κ1) is 6.85. The topological polar surface area (TPSA) is 0 Å². The Hall–Kier alpha value is -0.260. The molecule has 1 rings (SSSR count). The van der Waals surface area contributed by atoms with Crippen LogP contribution in [0.15, 0.2) is 12.2 Å². The molecule has 1 aliphatic carbocycles. The summed E-state index contributed by atoms with van der Waals surface area (Å²) in [5.74, 6) is 0.884. The third kappa shape index (κ3) is 1.57. The van der Waals surface area contributed by atoms with Crippen LogP contribution in [-0.2, 0) is 0 Å². The molecule has 0 bridgehead atoms. The van der Waals surface area contributed by atoms with Gasteiger partial charge in [0.05, 0.1) is 0 Å². The highest BCUT2D eigenvalue weighted by Gasteiger charge is 2.15. The largest absolute Gasteiger partial charge is 0.0996 e. The number of allylic oxidation sites excluding steroid dienone is 1. The van der Waals surface area contributed by atoms with E-state index in [2.05, 4.69) is 13.5 Å². The molecule has 0 amide bonds. The Morgan fingerprint density at radius 3 is 2.44 bits per heavy atom. The molecule has 0 aromatic heterocycles. The first-order valence-electron chi connectivity index (χ1n) is 4.02. The van der Waals surface area contributed by atoms with Crippen molar-refractivity contribution in [3.8, 4) is 0 Å². The van der Waals surface area contributed by atoms with Gasteiger partial charge in [-0.3, -0.25) is 0 Å². The van der Waals surface area contributed by atoms with E-state index in [4.69, 9.17) is 0 Å². The van der Waals surface area contributed by atoms with Gasteiger partial charge in [0, 0.05) is 0 Å². The van der Waals surface area contributed by atoms with Crippen molar-refractivity contribution in [1.29, 1.82) is 0 Å². The van der Waals surface area contributed by atoms with Crippen LogP contribution in [0.5, 0.6) is 0 Å². The highest BCUT2D eigenvalue weighted by Crippen LogP contribution is 2.31. The van der Waals surface area contributed by atoms with Crippen molar-refractivity contribution in [3.63, 3.8) is 0 Å². The lowest BCUT2D eigenvalue weighted by atomic mass is 9.97. The highest BCUT2D eigenvalue weighted by molar-refractivity contribution is 5.01. The summed E-state index contributed by atoms with van der Waals surface area (Å²) in [5, 5.41) is 0. The number of rotatable bonds is 2. The van der Waals surface area contributed by atoms with Crippen molar-refractivity contribution < 1.29 is 0 Å². The summed E-state index contributed by atoms with van der Waals surface area (Å²) >= 11 is 0. The van der Waals surface area contributed by atoms with Gasteiger partial charge in [-0.1, -0.05) is 31.9 Å². The van der Waals surface area contributed by atoms with Gasteiger partial charge < -0.3 is 0 Å². The minimum Gasteiger partial charge on any atom is -0.0996 e. The maximum atomic E-state index is 4.06. The second kappa shape index (κ2) is 3.05. The summed E-state index contributed by atoms with van der Waals surface area (Å²) in [6, 6.07) is 0. The highest BCUT2D eigenvalue weighted by atomic mass is 14.2. The van der Waals surface area contributed by atoms with Crippen LogP contribution < -0.4 is 0 Å². The maximum Gasteiger partial charge on any atom is -0.0206 e. The lowest BCUT2D eigenvalue weighted by Crippen LogP contribution is -1.94. The Morgan fingerprint density at radius 1 is 1.44 bits per heavy atom. The summed E-state index contributed by atoms with van der Waals surface area (Å²) in [7, 11) is 0. The minimum absolute atomic E-state index is 0.884. The molecule has 0 atom stereocenters.